The van der Waals surface area contributed by atoms with E-state index in [1.165, 1.54) is 0 Å². The van der Waals surface area contributed by atoms with Crippen molar-refractivity contribution in [2.24, 2.45) is 11.7 Å². The molecule has 0 radical (unpaired) electrons. The van der Waals surface area contributed by atoms with Gasteiger partial charge in [-0.15, -0.1) is 0 Å². The number of hydrogen-bond acceptors (Lipinski definition) is 4. The molecule has 0 aromatic rings. The molecule has 2 rings (SSSR count). The summed E-state index contributed by atoms with van der Waals surface area (Å²) in [5.41, 5.74) is 5.83. The maximum absolute atomic E-state index is 11.8. The van der Waals surface area contributed by atoms with Crippen molar-refractivity contribution in [1.82, 2.24) is 4.31 Å². The Labute approximate surface area is 110 Å². The van der Waals surface area contributed by atoms with Crippen LogP contribution in [0.15, 0.2) is 0 Å². The average Bonchev–Trinajstić information content (AvgIpc) is 2.55. The predicted octanol–water partition coefficient (Wildman–Crippen LogP) is 0.554. The quantitative estimate of drug-likeness (QED) is 0.814. The van der Waals surface area contributed by atoms with Crippen molar-refractivity contribution in [3.8, 4) is 0 Å². The Morgan fingerprint density at radius 3 is 2.50 bits per heavy atom. The second-order valence-electron chi connectivity index (χ2n) is 5.65. The molecule has 5 nitrogen and oxygen atoms in total. The minimum Gasteiger partial charge on any atom is -0.377 e. The molecule has 1 aliphatic carbocycles. The fourth-order valence-electron chi connectivity index (χ4n) is 2.79. The first-order chi connectivity index (χ1) is 8.47. The van der Waals surface area contributed by atoms with Gasteiger partial charge in [0.2, 0.25) is 10.0 Å². The molecule has 1 unspecified atom stereocenters. The summed E-state index contributed by atoms with van der Waals surface area (Å²) in [6.45, 7) is 3.61. The number of nitrogens with two attached hydrogens (primary N) is 1. The number of hydrogen-bond donors (Lipinski definition) is 1. The van der Waals surface area contributed by atoms with Gasteiger partial charge in [0.05, 0.1) is 18.5 Å². The highest BCUT2D eigenvalue weighted by Gasteiger charge is 2.33. The first kappa shape index (κ1) is 14.2. The highest BCUT2D eigenvalue weighted by molar-refractivity contribution is 7.89. The second kappa shape index (κ2) is 5.86. The molecule has 1 heterocycles. The van der Waals surface area contributed by atoms with E-state index in [0.717, 1.165) is 25.7 Å². The van der Waals surface area contributed by atoms with Crippen LogP contribution in [0, 0.1) is 5.92 Å². The van der Waals surface area contributed by atoms with Crippen LogP contribution < -0.4 is 5.73 Å². The van der Waals surface area contributed by atoms with Gasteiger partial charge in [-0.2, -0.15) is 4.31 Å². The Kier molecular flexibility index (Phi) is 4.64. The van der Waals surface area contributed by atoms with Crippen LogP contribution in [0.5, 0.6) is 0 Å². The van der Waals surface area contributed by atoms with Crippen molar-refractivity contribution in [2.75, 3.05) is 25.4 Å². The second-order valence-corrected chi connectivity index (χ2v) is 7.66. The van der Waals surface area contributed by atoms with Crippen LogP contribution in [-0.2, 0) is 14.8 Å². The van der Waals surface area contributed by atoms with Gasteiger partial charge in [-0.25, -0.2) is 8.42 Å². The van der Waals surface area contributed by atoms with E-state index in [-0.39, 0.29) is 17.8 Å². The number of rotatable bonds is 4. The van der Waals surface area contributed by atoms with Gasteiger partial charge in [0.25, 0.3) is 0 Å². The monoisotopic (exact) mass is 276 g/mol. The van der Waals surface area contributed by atoms with Gasteiger partial charge in [0.15, 0.2) is 0 Å². The third kappa shape index (κ3) is 3.66. The van der Waals surface area contributed by atoms with E-state index in [1.54, 1.807) is 4.31 Å². The van der Waals surface area contributed by atoms with Crippen LogP contribution in [0.4, 0.5) is 0 Å². The number of ether oxygens (including phenoxy) is 1. The Morgan fingerprint density at radius 1 is 1.28 bits per heavy atom. The van der Waals surface area contributed by atoms with Gasteiger partial charge in [-0.3, -0.25) is 0 Å². The molecule has 0 aromatic heterocycles. The Hall–Kier alpha value is -0.170. The standard InChI is InChI=1S/C12H24N2O3S/c1-10-8-14(18(15,16)9-10)6-7-17-12-4-2-11(13)3-5-12/h10-12H,2-9,13H2,1H3. The summed E-state index contributed by atoms with van der Waals surface area (Å²) in [5, 5.41) is 0. The Bertz CT molecular complexity index is 364. The molecule has 18 heavy (non-hydrogen) atoms. The first-order valence-electron chi connectivity index (χ1n) is 6.82. The number of nitrogens with zero attached hydrogens (tertiary/aromatic N) is 1. The van der Waals surface area contributed by atoms with E-state index in [1.807, 2.05) is 6.92 Å². The van der Waals surface area contributed by atoms with Gasteiger partial charge >= 0.3 is 0 Å². The van der Waals surface area contributed by atoms with Crippen LogP contribution in [-0.4, -0.2) is 50.3 Å². The Balaban J connectivity index is 1.69. The molecule has 0 amide bonds. The summed E-state index contributed by atoms with van der Waals surface area (Å²) in [6, 6.07) is 0.324. The van der Waals surface area contributed by atoms with E-state index in [4.69, 9.17) is 10.5 Å². The van der Waals surface area contributed by atoms with E-state index in [9.17, 15) is 8.42 Å². The summed E-state index contributed by atoms with van der Waals surface area (Å²) in [7, 11) is -3.01. The van der Waals surface area contributed by atoms with E-state index < -0.39 is 10.0 Å². The molecule has 1 saturated carbocycles. The molecule has 106 valence electrons. The maximum atomic E-state index is 11.8. The van der Waals surface area contributed by atoms with E-state index in [0.29, 0.717) is 25.7 Å². The largest absolute Gasteiger partial charge is 0.377 e. The lowest BCUT2D eigenvalue weighted by Crippen LogP contribution is -2.33. The van der Waals surface area contributed by atoms with Gasteiger partial charge in [-0.05, 0) is 31.6 Å². The lowest BCUT2D eigenvalue weighted by Gasteiger charge is -2.26. The highest BCUT2D eigenvalue weighted by Crippen LogP contribution is 2.21. The van der Waals surface area contributed by atoms with Crippen molar-refractivity contribution in [3.63, 3.8) is 0 Å². The van der Waals surface area contributed by atoms with Crippen LogP contribution in [0.3, 0.4) is 0 Å². The zero-order valence-corrected chi connectivity index (χ0v) is 11.9. The first-order valence-corrected chi connectivity index (χ1v) is 8.43. The molecule has 2 aliphatic rings. The molecule has 6 heteroatoms. The van der Waals surface area contributed by atoms with E-state index in [2.05, 4.69) is 0 Å². The zero-order valence-electron chi connectivity index (χ0n) is 11.0. The average molecular weight is 276 g/mol. The molecule has 1 saturated heterocycles. The van der Waals surface area contributed by atoms with Crippen molar-refractivity contribution in [2.45, 2.75) is 44.8 Å². The molecule has 0 bridgehead atoms. The lowest BCUT2D eigenvalue weighted by atomic mass is 9.94. The molecule has 0 aromatic carbocycles. The van der Waals surface area contributed by atoms with Crippen LogP contribution in [0.1, 0.15) is 32.6 Å². The molecule has 0 spiro atoms. The van der Waals surface area contributed by atoms with Crippen molar-refractivity contribution in [1.29, 1.82) is 0 Å². The van der Waals surface area contributed by atoms with Crippen molar-refractivity contribution >= 4 is 10.0 Å². The summed E-state index contributed by atoms with van der Waals surface area (Å²) >= 11 is 0. The fourth-order valence-corrected chi connectivity index (χ4v) is 4.66. The molecule has 2 fully saturated rings. The highest BCUT2D eigenvalue weighted by atomic mass is 32.2. The lowest BCUT2D eigenvalue weighted by molar-refractivity contribution is 0.0210. The van der Waals surface area contributed by atoms with Gasteiger partial charge in [0, 0.05) is 19.1 Å². The minimum atomic E-state index is -3.01. The molecular weight excluding hydrogens is 252 g/mol. The summed E-state index contributed by atoms with van der Waals surface area (Å²) in [5.74, 6) is 0.522. The third-order valence-electron chi connectivity index (χ3n) is 3.82. The van der Waals surface area contributed by atoms with Gasteiger partial charge in [-0.1, -0.05) is 6.92 Å². The summed E-state index contributed by atoms with van der Waals surface area (Å²) in [4.78, 5) is 0. The van der Waals surface area contributed by atoms with Crippen molar-refractivity contribution < 1.29 is 13.2 Å². The van der Waals surface area contributed by atoms with Gasteiger partial charge < -0.3 is 10.5 Å². The molecule has 2 N–H and O–H groups in total. The predicted molar refractivity (Wildman–Crippen MR) is 70.7 cm³/mol. The fraction of sp³-hybridized carbons (Fsp3) is 1.00. The topological polar surface area (TPSA) is 72.6 Å². The molecule has 1 atom stereocenters. The normalized spacial score (nSPS) is 36.9. The maximum Gasteiger partial charge on any atom is 0.214 e. The summed E-state index contributed by atoms with van der Waals surface area (Å²) in [6.07, 6.45) is 4.31. The zero-order chi connectivity index (χ0) is 13.2. The smallest absolute Gasteiger partial charge is 0.214 e. The van der Waals surface area contributed by atoms with Crippen LogP contribution >= 0.6 is 0 Å². The third-order valence-corrected chi connectivity index (χ3v) is 5.93. The van der Waals surface area contributed by atoms with E-state index >= 15 is 0 Å². The minimum absolute atomic E-state index is 0.239. The molecular formula is C12H24N2O3S. The number of sulfonamides is 1. The van der Waals surface area contributed by atoms with Crippen LogP contribution in [0.2, 0.25) is 0 Å². The molecule has 1 aliphatic heterocycles. The van der Waals surface area contributed by atoms with Crippen LogP contribution in [0.25, 0.3) is 0 Å². The van der Waals surface area contributed by atoms with Gasteiger partial charge in [0.1, 0.15) is 0 Å². The SMILES string of the molecule is CC1CN(CCOC2CCC(N)CC2)S(=O)(=O)C1. The summed E-state index contributed by atoms with van der Waals surface area (Å²) < 4.78 is 30.8. The van der Waals surface area contributed by atoms with Crippen molar-refractivity contribution in [3.05, 3.63) is 0 Å². The Morgan fingerprint density at radius 2 is 1.94 bits per heavy atom.